The third-order valence-electron chi connectivity index (χ3n) is 2.72. The lowest BCUT2D eigenvalue weighted by Crippen LogP contribution is -2.05. The Bertz CT molecular complexity index is 657. The zero-order chi connectivity index (χ0) is 15.8. The third-order valence-corrected chi connectivity index (χ3v) is 2.72. The maximum absolute atomic E-state index is 12.0. The standard InChI is InChI=1S/C17H21NO3/c1-6-14(20-5)7-8-15-9-10-16(17(19)21-15)13(4)11-18-12(2)3/h6-11H,1-5H3/b8-7-,13-11+,14-6+. The number of methoxy groups -OCH3 is 1. The maximum Gasteiger partial charge on any atom is 0.343 e. The minimum atomic E-state index is -0.380. The lowest BCUT2D eigenvalue weighted by Gasteiger charge is -2.00. The second-order valence-corrected chi connectivity index (χ2v) is 4.66. The van der Waals surface area contributed by atoms with Gasteiger partial charge in [0.05, 0.1) is 12.7 Å². The molecule has 112 valence electrons. The Kier molecular flexibility index (Phi) is 6.40. The van der Waals surface area contributed by atoms with E-state index in [1.807, 2.05) is 33.8 Å². The molecule has 0 aromatic carbocycles. The van der Waals surface area contributed by atoms with Gasteiger partial charge in [-0.3, -0.25) is 4.99 Å². The molecule has 4 heteroatoms. The van der Waals surface area contributed by atoms with E-state index in [-0.39, 0.29) is 5.63 Å². The Morgan fingerprint density at radius 1 is 1.29 bits per heavy atom. The number of hydrogen-bond acceptors (Lipinski definition) is 4. The molecule has 21 heavy (non-hydrogen) atoms. The molecule has 0 aliphatic heterocycles. The number of aliphatic imine (C=N–C) groups is 1. The van der Waals surface area contributed by atoms with Gasteiger partial charge in [-0.05, 0) is 63.6 Å². The van der Waals surface area contributed by atoms with E-state index >= 15 is 0 Å². The smallest absolute Gasteiger partial charge is 0.343 e. The van der Waals surface area contributed by atoms with Crippen LogP contribution in [-0.4, -0.2) is 12.8 Å². The van der Waals surface area contributed by atoms with Crippen LogP contribution in [-0.2, 0) is 4.74 Å². The van der Waals surface area contributed by atoms with Crippen LogP contribution in [0.15, 0.2) is 50.4 Å². The first-order valence-electron chi connectivity index (χ1n) is 6.68. The number of hydrogen-bond donors (Lipinski definition) is 0. The minimum Gasteiger partial charge on any atom is -0.497 e. The van der Waals surface area contributed by atoms with Crippen LogP contribution >= 0.6 is 0 Å². The minimum absolute atomic E-state index is 0.380. The molecule has 0 aliphatic rings. The third kappa shape index (κ3) is 5.26. The summed E-state index contributed by atoms with van der Waals surface area (Å²) in [5.74, 6) is 1.17. The van der Waals surface area contributed by atoms with Crippen molar-refractivity contribution in [1.82, 2.24) is 0 Å². The first-order chi connectivity index (χ1) is 9.97. The molecular formula is C17H21NO3. The van der Waals surface area contributed by atoms with Crippen LogP contribution in [0, 0.1) is 0 Å². The highest BCUT2D eigenvalue weighted by molar-refractivity contribution is 5.80. The average molecular weight is 287 g/mol. The summed E-state index contributed by atoms with van der Waals surface area (Å²) in [5, 5.41) is 0. The highest BCUT2D eigenvalue weighted by atomic mass is 16.5. The molecule has 4 nitrogen and oxygen atoms in total. The first-order valence-corrected chi connectivity index (χ1v) is 6.68. The molecule has 0 radical (unpaired) electrons. The Morgan fingerprint density at radius 2 is 2.00 bits per heavy atom. The molecule has 0 atom stereocenters. The van der Waals surface area contributed by atoms with Crippen LogP contribution in [0.1, 0.15) is 39.0 Å². The van der Waals surface area contributed by atoms with Crippen molar-refractivity contribution in [3.05, 3.63) is 58.0 Å². The predicted octanol–water partition coefficient (Wildman–Crippen LogP) is 4.04. The molecule has 0 amide bonds. The van der Waals surface area contributed by atoms with E-state index in [4.69, 9.17) is 9.15 Å². The second kappa shape index (κ2) is 8.04. The van der Waals surface area contributed by atoms with Crippen molar-refractivity contribution < 1.29 is 9.15 Å². The van der Waals surface area contributed by atoms with E-state index in [0.717, 1.165) is 11.3 Å². The molecule has 1 aromatic rings. The average Bonchev–Trinajstić information content (AvgIpc) is 2.46. The highest BCUT2D eigenvalue weighted by Gasteiger charge is 2.04. The number of ether oxygens (including phenoxy) is 1. The Balaban J connectivity index is 3.04. The van der Waals surface area contributed by atoms with Crippen molar-refractivity contribution in [1.29, 1.82) is 0 Å². The number of nitrogens with zero attached hydrogens (tertiary/aromatic N) is 1. The molecular weight excluding hydrogens is 266 g/mol. The number of allylic oxidation sites excluding steroid dienone is 3. The summed E-state index contributed by atoms with van der Waals surface area (Å²) < 4.78 is 10.4. The monoisotopic (exact) mass is 287 g/mol. The Morgan fingerprint density at radius 3 is 2.52 bits per heavy atom. The van der Waals surface area contributed by atoms with Crippen LogP contribution in [0.4, 0.5) is 0 Å². The lowest BCUT2D eigenvalue weighted by molar-refractivity contribution is 0.306. The van der Waals surface area contributed by atoms with E-state index in [0.29, 0.717) is 17.1 Å². The highest BCUT2D eigenvalue weighted by Crippen LogP contribution is 2.12. The molecule has 1 rings (SSSR count). The summed E-state index contributed by atoms with van der Waals surface area (Å²) >= 11 is 0. The van der Waals surface area contributed by atoms with Gasteiger partial charge >= 0.3 is 5.63 Å². The van der Waals surface area contributed by atoms with Crippen molar-refractivity contribution in [3.8, 4) is 0 Å². The van der Waals surface area contributed by atoms with Gasteiger partial charge < -0.3 is 9.15 Å². The fourth-order valence-electron chi connectivity index (χ4n) is 1.55. The molecule has 0 bridgehead atoms. The van der Waals surface area contributed by atoms with Crippen LogP contribution in [0.25, 0.3) is 11.6 Å². The van der Waals surface area contributed by atoms with Gasteiger partial charge in [-0.15, -0.1) is 0 Å². The van der Waals surface area contributed by atoms with Crippen molar-refractivity contribution in [2.24, 2.45) is 4.99 Å². The molecule has 1 heterocycles. The van der Waals surface area contributed by atoms with Crippen LogP contribution in [0.2, 0.25) is 0 Å². The van der Waals surface area contributed by atoms with Gasteiger partial charge in [-0.1, -0.05) is 0 Å². The van der Waals surface area contributed by atoms with E-state index in [1.165, 1.54) is 0 Å². The van der Waals surface area contributed by atoms with Crippen molar-refractivity contribution in [2.45, 2.75) is 27.7 Å². The molecule has 0 saturated carbocycles. The zero-order valence-corrected chi connectivity index (χ0v) is 13.1. The second-order valence-electron chi connectivity index (χ2n) is 4.66. The molecule has 0 fully saturated rings. The molecule has 0 saturated heterocycles. The molecule has 0 unspecified atom stereocenters. The molecule has 0 spiro atoms. The van der Waals surface area contributed by atoms with Gasteiger partial charge in [0.15, 0.2) is 0 Å². The van der Waals surface area contributed by atoms with Gasteiger partial charge in [-0.2, -0.15) is 0 Å². The summed E-state index contributed by atoms with van der Waals surface area (Å²) in [7, 11) is 1.59. The summed E-state index contributed by atoms with van der Waals surface area (Å²) in [6, 6.07) is 3.48. The van der Waals surface area contributed by atoms with Gasteiger partial charge in [-0.25, -0.2) is 4.79 Å². The lowest BCUT2D eigenvalue weighted by atomic mass is 10.1. The van der Waals surface area contributed by atoms with Crippen molar-refractivity contribution >= 4 is 17.4 Å². The molecule has 0 N–H and O–H groups in total. The molecule has 0 aliphatic carbocycles. The summed E-state index contributed by atoms with van der Waals surface area (Å²) in [6.07, 6.45) is 6.92. The zero-order valence-electron chi connectivity index (χ0n) is 13.1. The quantitative estimate of drug-likeness (QED) is 0.466. The van der Waals surface area contributed by atoms with E-state index in [1.54, 1.807) is 37.6 Å². The largest absolute Gasteiger partial charge is 0.497 e. The summed E-state index contributed by atoms with van der Waals surface area (Å²) in [4.78, 5) is 16.2. The topological polar surface area (TPSA) is 51.8 Å². The normalized spacial score (nSPS) is 12.6. The van der Waals surface area contributed by atoms with Crippen LogP contribution in [0.5, 0.6) is 0 Å². The van der Waals surface area contributed by atoms with E-state index in [2.05, 4.69) is 4.99 Å². The first kappa shape index (κ1) is 16.7. The van der Waals surface area contributed by atoms with E-state index in [9.17, 15) is 4.79 Å². The summed E-state index contributed by atoms with van der Waals surface area (Å²) in [5.41, 5.74) is 1.83. The SMILES string of the molecule is C/C=C(\C=C/c1ccc(/C(C)=C/N=C(C)C)c(=O)o1)OC. The van der Waals surface area contributed by atoms with Gasteiger partial charge in [0, 0.05) is 11.9 Å². The number of rotatable bonds is 5. The van der Waals surface area contributed by atoms with Crippen LogP contribution < -0.4 is 5.63 Å². The van der Waals surface area contributed by atoms with Crippen molar-refractivity contribution in [2.75, 3.05) is 7.11 Å². The van der Waals surface area contributed by atoms with Crippen LogP contribution in [0.3, 0.4) is 0 Å². The Labute approximate surface area is 125 Å². The van der Waals surface area contributed by atoms with E-state index < -0.39 is 0 Å². The fourth-order valence-corrected chi connectivity index (χ4v) is 1.55. The fraction of sp³-hybridized carbons (Fsp3) is 0.294. The van der Waals surface area contributed by atoms with Crippen molar-refractivity contribution in [3.63, 3.8) is 0 Å². The Hall–Kier alpha value is -2.36. The summed E-state index contributed by atoms with van der Waals surface area (Å²) in [6.45, 7) is 7.49. The van der Waals surface area contributed by atoms with Gasteiger partial charge in [0.25, 0.3) is 0 Å². The van der Waals surface area contributed by atoms with Gasteiger partial charge in [0.2, 0.25) is 0 Å². The maximum atomic E-state index is 12.0. The predicted molar refractivity (Wildman–Crippen MR) is 87.2 cm³/mol. The van der Waals surface area contributed by atoms with Gasteiger partial charge in [0.1, 0.15) is 11.5 Å². The molecule has 1 aromatic heterocycles.